The minimum atomic E-state index is -0.808. The third-order valence-corrected chi connectivity index (χ3v) is 11.4. The average Bonchev–Trinajstić information content (AvgIpc) is 3.43. The topological polar surface area (TPSA) is 135 Å². The van der Waals surface area contributed by atoms with Crippen LogP contribution in [0.1, 0.15) is 86.0 Å². The quantitative estimate of drug-likeness (QED) is 0.454. The predicted octanol–water partition coefficient (Wildman–Crippen LogP) is 2.54. The van der Waals surface area contributed by atoms with Crippen LogP contribution < -0.4 is 16.0 Å². The summed E-state index contributed by atoms with van der Waals surface area (Å²) in [4.78, 5) is 57.2. The maximum atomic E-state index is 14.1. The van der Waals surface area contributed by atoms with Crippen molar-refractivity contribution in [3.63, 3.8) is 0 Å². The molecule has 3 saturated heterocycles. The smallest absolute Gasteiger partial charge is 0.318 e. The van der Waals surface area contributed by atoms with Gasteiger partial charge >= 0.3 is 6.03 Å². The summed E-state index contributed by atoms with van der Waals surface area (Å²) in [6.07, 6.45) is 7.69. The minimum Gasteiger partial charge on any atom is -0.350 e. The molecule has 0 aromatic rings. The van der Waals surface area contributed by atoms with E-state index in [1.165, 1.54) is 12.8 Å². The molecule has 224 valence electrons. The molecule has 0 bridgehead atoms. The Kier molecular flexibility index (Phi) is 6.44. The van der Waals surface area contributed by atoms with Crippen LogP contribution in [0.5, 0.6) is 0 Å². The van der Waals surface area contributed by atoms with E-state index in [9.17, 15) is 24.4 Å². The molecule has 41 heavy (non-hydrogen) atoms. The lowest BCUT2D eigenvalue weighted by atomic mass is 9.78. The van der Waals surface area contributed by atoms with Crippen molar-refractivity contribution in [1.29, 1.82) is 5.26 Å². The van der Waals surface area contributed by atoms with Crippen molar-refractivity contribution in [3.05, 3.63) is 0 Å². The van der Waals surface area contributed by atoms with Crippen LogP contribution in [0.4, 0.5) is 4.79 Å². The number of nitrogens with zero attached hydrogens (tertiary/aromatic N) is 3. The van der Waals surface area contributed by atoms with Crippen molar-refractivity contribution >= 4 is 23.8 Å². The van der Waals surface area contributed by atoms with Gasteiger partial charge in [0.05, 0.1) is 6.07 Å². The predicted molar refractivity (Wildman–Crippen MR) is 151 cm³/mol. The molecule has 0 aromatic heterocycles. The first kappa shape index (κ1) is 28.3. The van der Waals surface area contributed by atoms with Crippen molar-refractivity contribution in [2.45, 2.75) is 110 Å². The van der Waals surface area contributed by atoms with Crippen LogP contribution in [0.15, 0.2) is 0 Å². The van der Waals surface area contributed by atoms with E-state index >= 15 is 0 Å². The fourth-order valence-corrected chi connectivity index (χ4v) is 8.53. The maximum Gasteiger partial charge on any atom is 0.318 e. The zero-order chi connectivity index (χ0) is 29.5. The molecule has 6 aliphatic rings. The summed E-state index contributed by atoms with van der Waals surface area (Å²) in [6.45, 7) is 12.0. The lowest BCUT2D eigenvalue weighted by molar-refractivity contribution is -0.144. The Morgan fingerprint density at radius 2 is 1.76 bits per heavy atom. The zero-order valence-electron chi connectivity index (χ0n) is 25.2. The van der Waals surface area contributed by atoms with Gasteiger partial charge < -0.3 is 25.8 Å². The number of fused-ring (bicyclic) bond motifs is 1. The summed E-state index contributed by atoms with van der Waals surface area (Å²) in [6, 6.07) is -0.328. The van der Waals surface area contributed by atoms with Crippen LogP contribution in [0.3, 0.4) is 0 Å². The lowest BCUT2D eigenvalue weighted by Gasteiger charge is -2.49. The molecule has 10 heteroatoms. The van der Waals surface area contributed by atoms with E-state index in [0.717, 1.165) is 38.8 Å². The molecule has 3 heterocycles. The molecule has 3 aliphatic heterocycles. The van der Waals surface area contributed by atoms with Crippen LogP contribution >= 0.6 is 0 Å². The number of rotatable bonds is 6. The summed E-state index contributed by atoms with van der Waals surface area (Å²) < 4.78 is 0. The SMILES string of the molecule is CC(C)(C)[C@H](NC(=O)N1CC2(CCCC2)C1)C(=O)N1C[C@H]2[C@@H]([C@H]1C(=O)N[C@H](C#N)C[C@@H]1CC3(CC3)NC1=O)C2(C)C. The number of urea groups is 1. The molecule has 10 nitrogen and oxygen atoms in total. The monoisotopic (exact) mass is 566 g/mol. The van der Waals surface area contributed by atoms with Gasteiger partial charge in [-0.3, -0.25) is 14.4 Å². The van der Waals surface area contributed by atoms with Crippen LogP contribution in [0.25, 0.3) is 0 Å². The second-order valence-corrected chi connectivity index (χ2v) is 15.8. The van der Waals surface area contributed by atoms with E-state index in [4.69, 9.17) is 0 Å². The van der Waals surface area contributed by atoms with Crippen LogP contribution in [-0.2, 0) is 14.4 Å². The number of nitrogens with one attached hydrogen (secondary N) is 3. The Labute approximate surface area is 243 Å². The summed E-state index contributed by atoms with van der Waals surface area (Å²) in [5.74, 6) is -0.741. The third kappa shape index (κ3) is 4.87. The van der Waals surface area contributed by atoms with Gasteiger partial charge in [-0.15, -0.1) is 0 Å². The summed E-state index contributed by atoms with van der Waals surface area (Å²) in [5.41, 5.74) is -0.473. The van der Waals surface area contributed by atoms with Gasteiger partial charge in [0.2, 0.25) is 17.7 Å². The van der Waals surface area contributed by atoms with E-state index in [2.05, 4.69) is 35.9 Å². The fraction of sp³-hybridized carbons (Fsp3) is 0.839. The zero-order valence-corrected chi connectivity index (χ0v) is 25.2. The molecular formula is C31H46N6O4. The Hall–Kier alpha value is -2.83. The molecule has 0 unspecified atom stereocenters. The average molecular weight is 567 g/mol. The van der Waals surface area contributed by atoms with Crippen molar-refractivity contribution in [2.24, 2.45) is 34.0 Å². The molecule has 2 spiro atoms. The van der Waals surface area contributed by atoms with Crippen molar-refractivity contribution in [3.8, 4) is 6.07 Å². The van der Waals surface area contributed by atoms with Gasteiger partial charge in [-0.1, -0.05) is 47.5 Å². The fourth-order valence-electron chi connectivity index (χ4n) is 8.53. The van der Waals surface area contributed by atoms with E-state index in [0.29, 0.717) is 13.0 Å². The van der Waals surface area contributed by atoms with Gasteiger partial charge in [0.15, 0.2) is 0 Å². The van der Waals surface area contributed by atoms with E-state index in [1.54, 1.807) is 4.90 Å². The highest BCUT2D eigenvalue weighted by atomic mass is 16.2. The number of hydrogen-bond donors (Lipinski definition) is 3. The Morgan fingerprint density at radius 1 is 1.10 bits per heavy atom. The first-order chi connectivity index (χ1) is 19.2. The van der Waals surface area contributed by atoms with Gasteiger partial charge in [0, 0.05) is 36.5 Å². The highest BCUT2D eigenvalue weighted by Crippen LogP contribution is 2.65. The second-order valence-electron chi connectivity index (χ2n) is 15.8. The van der Waals surface area contributed by atoms with Crippen molar-refractivity contribution in [2.75, 3.05) is 19.6 Å². The first-order valence-electron chi connectivity index (χ1n) is 15.6. The number of carbonyl (C=O) groups excluding carboxylic acids is 4. The van der Waals surface area contributed by atoms with Crippen LogP contribution in [0.2, 0.25) is 0 Å². The molecule has 6 fully saturated rings. The number of piperidine rings is 1. The maximum absolute atomic E-state index is 14.1. The summed E-state index contributed by atoms with van der Waals surface area (Å²) >= 11 is 0. The largest absolute Gasteiger partial charge is 0.350 e. The summed E-state index contributed by atoms with van der Waals surface area (Å²) in [7, 11) is 0. The number of likely N-dealkylation sites (tertiary alicyclic amines) is 2. The second kappa shape index (κ2) is 9.34. The Morgan fingerprint density at radius 3 is 2.32 bits per heavy atom. The normalized spacial score (nSPS) is 32.9. The highest BCUT2D eigenvalue weighted by Gasteiger charge is 2.70. The third-order valence-electron chi connectivity index (χ3n) is 11.4. The molecule has 5 amide bonds. The lowest BCUT2D eigenvalue weighted by Crippen LogP contribution is -2.65. The highest BCUT2D eigenvalue weighted by molar-refractivity contribution is 5.94. The van der Waals surface area contributed by atoms with Gasteiger partial charge in [-0.2, -0.15) is 5.26 Å². The van der Waals surface area contributed by atoms with Crippen LogP contribution in [-0.4, -0.2) is 76.9 Å². The number of hydrogen-bond acceptors (Lipinski definition) is 5. The Balaban J connectivity index is 1.14. The molecule has 0 radical (unpaired) electrons. The van der Waals surface area contributed by atoms with Gasteiger partial charge in [0.25, 0.3) is 0 Å². The molecule has 6 rings (SSSR count). The molecule has 3 N–H and O–H groups in total. The van der Waals surface area contributed by atoms with E-state index in [1.807, 2.05) is 25.7 Å². The first-order valence-corrected chi connectivity index (χ1v) is 15.6. The van der Waals surface area contributed by atoms with E-state index < -0.39 is 23.5 Å². The van der Waals surface area contributed by atoms with Crippen molar-refractivity contribution in [1.82, 2.24) is 25.8 Å². The molecular weight excluding hydrogens is 520 g/mol. The minimum absolute atomic E-state index is 0.00997. The van der Waals surface area contributed by atoms with Gasteiger partial charge in [-0.05, 0) is 61.2 Å². The molecule has 3 saturated carbocycles. The number of carbonyl (C=O) groups is 4. The number of nitriles is 1. The van der Waals surface area contributed by atoms with E-state index in [-0.39, 0.29) is 64.3 Å². The number of amides is 5. The van der Waals surface area contributed by atoms with Crippen molar-refractivity contribution < 1.29 is 19.2 Å². The standard InChI is InChI=1S/C31H46N6O4/c1-28(2,3)23(34-27(41)36-16-30(17-36)8-6-7-9-30)26(40)37-15-20-21(29(20,4)5)22(37)25(39)33-19(14-32)12-18-13-31(10-11-31)35-24(18)38/h18-23H,6-13,15-17H2,1-5H3,(H,33,39)(H,34,41)(H,35,38)/t18-,19+,20+,21+,22+,23-/m1/s1. The van der Waals surface area contributed by atoms with Crippen LogP contribution in [0, 0.1) is 45.3 Å². The Bertz CT molecular complexity index is 1180. The van der Waals surface area contributed by atoms with Gasteiger partial charge in [-0.25, -0.2) is 4.79 Å². The summed E-state index contributed by atoms with van der Waals surface area (Å²) in [5, 5.41) is 18.9. The van der Waals surface area contributed by atoms with Gasteiger partial charge in [0.1, 0.15) is 18.1 Å². The molecule has 6 atom stereocenters. The molecule has 0 aromatic carbocycles. The molecule has 3 aliphatic carbocycles.